The van der Waals surface area contributed by atoms with Crippen LogP contribution in [0.25, 0.3) is 0 Å². The van der Waals surface area contributed by atoms with Gasteiger partial charge in [-0.05, 0) is 39.3 Å². The topological polar surface area (TPSA) is 21.3 Å². The van der Waals surface area contributed by atoms with Gasteiger partial charge in [-0.2, -0.15) is 0 Å². The van der Waals surface area contributed by atoms with E-state index in [0.29, 0.717) is 6.10 Å². The van der Waals surface area contributed by atoms with Gasteiger partial charge in [0, 0.05) is 0 Å². The lowest BCUT2D eigenvalue weighted by Gasteiger charge is -2.35. The summed E-state index contributed by atoms with van der Waals surface area (Å²) in [6, 6.07) is 0. The van der Waals surface area contributed by atoms with Crippen LogP contribution in [0.4, 0.5) is 0 Å². The van der Waals surface area contributed by atoms with Crippen LogP contribution in [0, 0.1) is 5.92 Å². The third-order valence-electron chi connectivity index (χ3n) is 2.25. The summed E-state index contributed by atoms with van der Waals surface area (Å²) in [6.07, 6.45) is 2.93. The zero-order chi connectivity index (χ0) is 8.97. The fourth-order valence-corrected chi connectivity index (χ4v) is 1.53. The molecule has 1 aliphatic rings. The number of ether oxygens (including phenoxy) is 1. The normalized spacial score (nSPS) is 28.2. The van der Waals surface area contributed by atoms with Gasteiger partial charge in [0.25, 0.3) is 0 Å². The third-order valence-corrected chi connectivity index (χ3v) is 2.25. The van der Waals surface area contributed by atoms with E-state index in [4.69, 9.17) is 4.74 Å². The van der Waals surface area contributed by atoms with E-state index in [2.05, 4.69) is 11.9 Å². The van der Waals surface area contributed by atoms with Crippen LogP contribution >= 0.6 is 0 Å². The Morgan fingerprint density at radius 2 is 2.25 bits per heavy atom. The van der Waals surface area contributed by atoms with Gasteiger partial charge >= 0.3 is 0 Å². The molecule has 0 atom stereocenters. The highest BCUT2D eigenvalue weighted by Gasteiger charge is 2.28. The van der Waals surface area contributed by atoms with Gasteiger partial charge in [0.15, 0.2) is 0 Å². The Hall–Kier alpha value is -0.340. The summed E-state index contributed by atoms with van der Waals surface area (Å²) in [5.41, 5.74) is 1.12. The highest BCUT2D eigenvalue weighted by atomic mass is 16.5. The second-order valence-corrected chi connectivity index (χ2v) is 3.79. The Labute approximate surface area is 75.0 Å². The number of hydrogen-bond donors (Lipinski definition) is 1. The number of hydrogen-bond acceptors (Lipinski definition) is 2. The average molecular weight is 169 g/mol. The van der Waals surface area contributed by atoms with E-state index in [1.165, 1.54) is 12.8 Å². The first kappa shape index (κ1) is 9.75. The Morgan fingerprint density at radius 3 is 2.75 bits per heavy atom. The van der Waals surface area contributed by atoms with E-state index in [1.54, 1.807) is 0 Å². The minimum Gasteiger partial charge on any atom is -0.374 e. The Kier molecular flexibility index (Phi) is 3.76. The third kappa shape index (κ3) is 2.95. The average Bonchev–Trinajstić information content (AvgIpc) is 1.93. The molecule has 0 radical (unpaired) electrons. The van der Waals surface area contributed by atoms with Crippen LogP contribution in [0.3, 0.4) is 0 Å². The standard InChI is InChI=1S/C10H19NO/c1-8(2)7-12-10-4-9(5-10)6-11-3/h9-11H,1,4-7H2,2-3H3. The van der Waals surface area contributed by atoms with Gasteiger partial charge in [0.2, 0.25) is 0 Å². The molecule has 1 N–H and O–H groups in total. The second-order valence-electron chi connectivity index (χ2n) is 3.79. The monoisotopic (exact) mass is 169 g/mol. The second kappa shape index (κ2) is 4.63. The molecule has 12 heavy (non-hydrogen) atoms. The fourth-order valence-electron chi connectivity index (χ4n) is 1.53. The van der Waals surface area contributed by atoms with E-state index >= 15 is 0 Å². The van der Waals surface area contributed by atoms with E-state index in [0.717, 1.165) is 24.6 Å². The highest BCUT2D eigenvalue weighted by Crippen LogP contribution is 2.29. The Morgan fingerprint density at radius 1 is 1.58 bits per heavy atom. The lowest BCUT2D eigenvalue weighted by molar-refractivity contribution is -0.0187. The van der Waals surface area contributed by atoms with Crippen molar-refractivity contribution in [2.24, 2.45) is 5.92 Å². The zero-order valence-electron chi connectivity index (χ0n) is 8.10. The summed E-state index contributed by atoms with van der Waals surface area (Å²) in [7, 11) is 2.00. The van der Waals surface area contributed by atoms with Crippen LogP contribution in [0.5, 0.6) is 0 Å². The largest absolute Gasteiger partial charge is 0.374 e. The van der Waals surface area contributed by atoms with Gasteiger partial charge in [-0.15, -0.1) is 0 Å². The van der Waals surface area contributed by atoms with E-state index in [-0.39, 0.29) is 0 Å². The molecule has 2 nitrogen and oxygen atoms in total. The molecule has 0 amide bonds. The maximum absolute atomic E-state index is 5.59. The van der Waals surface area contributed by atoms with Crippen molar-refractivity contribution < 1.29 is 4.74 Å². The SMILES string of the molecule is C=C(C)COC1CC(CNC)C1. The van der Waals surface area contributed by atoms with Crippen LogP contribution in [0.15, 0.2) is 12.2 Å². The Balaban J connectivity index is 1.98. The predicted molar refractivity (Wildman–Crippen MR) is 51.2 cm³/mol. The predicted octanol–water partition coefficient (Wildman–Crippen LogP) is 1.58. The molecule has 0 saturated heterocycles. The Bertz CT molecular complexity index is 150. The molecule has 1 saturated carbocycles. The van der Waals surface area contributed by atoms with Gasteiger partial charge in [0.05, 0.1) is 12.7 Å². The van der Waals surface area contributed by atoms with Crippen LogP contribution in [-0.2, 0) is 4.74 Å². The molecule has 1 aliphatic carbocycles. The van der Waals surface area contributed by atoms with Crippen molar-refractivity contribution >= 4 is 0 Å². The first-order valence-electron chi connectivity index (χ1n) is 4.63. The fraction of sp³-hybridized carbons (Fsp3) is 0.800. The first-order chi connectivity index (χ1) is 5.72. The van der Waals surface area contributed by atoms with Gasteiger partial charge in [-0.1, -0.05) is 12.2 Å². The lowest BCUT2D eigenvalue weighted by atomic mass is 9.82. The van der Waals surface area contributed by atoms with Crippen LogP contribution in [0.2, 0.25) is 0 Å². The minimum absolute atomic E-state index is 0.500. The van der Waals surface area contributed by atoms with Crippen molar-refractivity contribution in [3.8, 4) is 0 Å². The summed E-state index contributed by atoms with van der Waals surface area (Å²) in [5, 5.41) is 3.18. The van der Waals surface area contributed by atoms with Gasteiger partial charge < -0.3 is 10.1 Å². The first-order valence-corrected chi connectivity index (χ1v) is 4.63. The molecule has 0 aliphatic heterocycles. The van der Waals surface area contributed by atoms with Crippen molar-refractivity contribution in [2.45, 2.75) is 25.9 Å². The number of rotatable bonds is 5. The lowest BCUT2D eigenvalue weighted by Crippen LogP contribution is -2.37. The van der Waals surface area contributed by atoms with Crippen molar-refractivity contribution in [1.82, 2.24) is 5.32 Å². The summed E-state index contributed by atoms with van der Waals surface area (Å²) in [6.45, 7) is 7.67. The zero-order valence-corrected chi connectivity index (χ0v) is 8.10. The van der Waals surface area contributed by atoms with E-state index in [1.807, 2.05) is 14.0 Å². The maximum atomic E-state index is 5.59. The molecule has 0 unspecified atom stereocenters. The van der Waals surface area contributed by atoms with Gasteiger partial charge in [0.1, 0.15) is 0 Å². The van der Waals surface area contributed by atoms with Crippen LogP contribution < -0.4 is 5.32 Å². The van der Waals surface area contributed by atoms with Crippen molar-refractivity contribution in [2.75, 3.05) is 20.2 Å². The van der Waals surface area contributed by atoms with Gasteiger partial charge in [-0.3, -0.25) is 0 Å². The van der Waals surface area contributed by atoms with Crippen molar-refractivity contribution in [1.29, 1.82) is 0 Å². The molecule has 0 aromatic rings. The molecule has 0 bridgehead atoms. The smallest absolute Gasteiger partial charge is 0.0675 e. The molecule has 0 aromatic carbocycles. The van der Waals surface area contributed by atoms with Crippen molar-refractivity contribution in [3.63, 3.8) is 0 Å². The molecule has 70 valence electrons. The molecule has 0 spiro atoms. The van der Waals surface area contributed by atoms with E-state index in [9.17, 15) is 0 Å². The summed E-state index contributed by atoms with van der Waals surface area (Å²) in [5.74, 6) is 0.838. The molecule has 1 rings (SSSR count). The van der Waals surface area contributed by atoms with Crippen molar-refractivity contribution in [3.05, 3.63) is 12.2 Å². The van der Waals surface area contributed by atoms with Crippen LogP contribution in [-0.4, -0.2) is 26.3 Å². The maximum Gasteiger partial charge on any atom is 0.0675 e. The molecule has 2 heteroatoms. The van der Waals surface area contributed by atoms with Crippen LogP contribution in [0.1, 0.15) is 19.8 Å². The quantitative estimate of drug-likeness (QED) is 0.631. The summed E-state index contributed by atoms with van der Waals surface area (Å²) in [4.78, 5) is 0. The summed E-state index contributed by atoms with van der Waals surface area (Å²) >= 11 is 0. The molecular weight excluding hydrogens is 150 g/mol. The summed E-state index contributed by atoms with van der Waals surface area (Å²) < 4.78 is 5.59. The molecular formula is C10H19NO. The molecule has 1 fully saturated rings. The molecule has 0 aromatic heterocycles. The van der Waals surface area contributed by atoms with E-state index < -0.39 is 0 Å². The molecule has 0 heterocycles. The minimum atomic E-state index is 0.500. The number of nitrogens with one attached hydrogen (secondary N) is 1. The van der Waals surface area contributed by atoms with Gasteiger partial charge in [-0.25, -0.2) is 0 Å². The highest BCUT2D eigenvalue weighted by molar-refractivity contribution is 4.89.